The van der Waals surface area contributed by atoms with Crippen molar-refractivity contribution in [3.8, 4) is 0 Å². The van der Waals surface area contributed by atoms with Crippen LogP contribution in [0.4, 0.5) is 33.8 Å². The van der Waals surface area contributed by atoms with E-state index in [2.05, 4.69) is 30.5 Å². The minimum atomic E-state index is -0.503. The summed E-state index contributed by atoms with van der Waals surface area (Å²) in [6.45, 7) is 10.3. The van der Waals surface area contributed by atoms with E-state index in [0.717, 1.165) is 5.69 Å². The van der Waals surface area contributed by atoms with Crippen molar-refractivity contribution in [3.05, 3.63) is 24.0 Å². The highest BCUT2D eigenvalue weighted by molar-refractivity contribution is 6.00. The molecule has 4 heterocycles. The molecule has 0 aliphatic carbocycles. The van der Waals surface area contributed by atoms with Crippen molar-refractivity contribution in [2.45, 2.75) is 33.3 Å². The van der Waals surface area contributed by atoms with Gasteiger partial charge >= 0.3 is 6.09 Å². The summed E-state index contributed by atoms with van der Waals surface area (Å²) in [5, 5.41) is 6.01. The molecule has 2 amide bonds. The molecule has 2 aromatic heterocycles. The molecule has 4 rings (SSSR count). The van der Waals surface area contributed by atoms with Gasteiger partial charge in [0.15, 0.2) is 5.82 Å². The second-order valence-corrected chi connectivity index (χ2v) is 9.21. The number of likely N-dealkylation sites (N-methyl/N-ethyl adjacent to an activating group) is 1. The molecule has 0 saturated carbocycles. The molecule has 2 aliphatic rings. The third-order valence-electron chi connectivity index (χ3n) is 5.36. The number of fused-ring (bicyclic) bond motifs is 1. The Bertz CT molecular complexity index is 1060. The number of hydrogen-bond donors (Lipinski definition) is 2. The van der Waals surface area contributed by atoms with Gasteiger partial charge in [0.25, 0.3) is 0 Å². The van der Waals surface area contributed by atoms with E-state index in [1.807, 2.05) is 46.9 Å². The smallest absolute Gasteiger partial charge is 0.410 e. The largest absolute Gasteiger partial charge is 0.444 e. The molecule has 0 unspecified atom stereocenters. The van der Waals surface area contributed by atoms with E-state index in [9.17, 15) is 9.59 Å². The van der Waals surface area contributed by atoms with Gasteiger partial charge in [-0.1, -0.05) is 0 Å². The average Bonchev–Trinajstić information content (AvgIpc) is 2.74. The van der Waals surface area contributed by atoms with E-state index in [1.165, 1.54) is 0 Å². The Labute approximate surface area is 193 Å². The number of carbonyl (C=O) groups is 2. The van der Waals surface area contributed by atoms with Crippen molar-refractivity contribution in [2.24, 2.45) is 0 Å². The minimum Gasteiger partial charge on any atom is -0.444 e. The molecule has 176 valence electrons. The van der Waals surface area contributed by atoms with Crippen molar-refractivity contribution in [1.82, 2.24) is 19.9 Å². The van der Waals surface area contributed by atoms with Gasteiger partial charge in [0, 0.05) is 51.2 Å². The first-order valence-electron chi connectivity index (χ1n) is 10.9. The SMILES string of the molecule is Cc1nc(Nc2cc(N3CCN(C(=O)OC(C)(C)C)CC3)ccn2)nc2c1NC(=O)CN2C. The number of amides is 2. The first-order chi connectivity index (χ1) is 15.6. The van der Waals surface area contributed by atoms with Crippen LogP contribution < -0.4 is 20.4 Å². The van der Waals surface area contributed by atoms with Crippen LogP contribution in [0.5, 0.6) is 0 Å². The van der Waals surface area contributed by atoms with E-state index in [0.29, 0.717) is 55.1 Å². The molecule has 0 atom stereocenters. The summed E-state index contributed by atoms with van der Waals surface area (Å²) in [6, 6.07) is 3.88. The lowest BCUT2D eigenvalue weighted by Gasteiger charge is -2.36. The number of rotatable bonds is 3. The van der Waals surface area contributed by atoms with Gasteiger partial charge in [0.05, 0.1) is 12.2 Å². The molecule has 0 aromatic carbocycles. The van der Waals surface area contributed by atoms with Crippen molar-refractivity contribution >= 4 is 41.0 Å². The van der Waals surface area contributed by atoms with Gasteiger partial charge in [-0.15, -0.1) is 0 Å². The standard InChI is InChI=1S/C22H30N8O3/c1-14-18-19(28(5)13-17(31)26-18)27-20(24-14)25-16-12-15(6-7-23-16)29-8-10-30(11-9-29)21(32)33-22(2,3)4/h6-7,12H,8-11,13H2,1-5H3,(H,26,31)(H,23,24,25,27). The summed E-state index contributed by atoms with van der Waals surface area (Å²) in [4.78, 5) is 43.3. The lowest BCUT2D eigenvalue weighted by atomic mass is 10.2. The predicted molar refractivity (Wildman–Crippen MR) is 126 cm³/mol. The van der Waals surface area contributed by atoms with Crippen LogP contribution >= 0.6 is 0 Å². The highest BCUT2D eigenvalue weighted by Gasteiger charge is 2.27. The summed E-state index contributed by atoms with van der Waals surface area (Å²) in [5.74, 6) is 1.61. The summed E-state index contributed by atoms with van der Waals surface area (Å²) in [5.41, 5.74) is 1.80. The van der Waals surface area contributed by atoms with E-state index in [1.54, 1.807) is 16.0 Å². The van der Waals surface area contributed by atoms with Crippen molar-refractivity contribution < 1.29 is 14.3 Å². The molecular formula is C22H30N8O3. The number of aromatic nitrogens is 3. The van der Waals surface area contributed by atoms with Crippen LogP contribution in [0.15, 0.2) is 18.3 Å². The van der Waals surface area contributed by atoms with Gasteiger partial charge in [-0.25, -0.2) is 14.8 Å². The van der Waals surface area contributed by atoms with Gasteiger partial charge < -0.3 is 30.1 Å². The third-order valence-corrected chi connectivity index (χ3v) is 5.36. The molecule has 1 saturated heterocycles. The molecule has 2 aliphatic heterocycles. The number of carbonyl (C=O) groups excluding carboxylic acids is 2. The van der Waals surface area contributed by atoms with Crippen molar-refractivity contribution in [3.63, 3.8) is 0 Å². The fourth-order valence-corrected chi connectivity index (χ4v) is 3.78. The van der Waals surface area contributed by atoms with E-state index >= 15 is 0 Å². The fourth-order valence-electron chi connectivity index (χ4n) is 3.78. The second kappa shape index (κ2) is 8.72. The fraction of sp³-hybridized carbons (Fsp3) is 0.500. The van der Waals surface area contributed by atoms with Crippen molar-refractivity contribution in [2.75, 3.05) is 60.2 Å². The highest BCUT2D eigenvalue weighted by Crippen LogP contribution is 2.30. The summed E-state index contributed by atoms with van der Waals surface area (Å²) in [6.07, 6.45) is 1.45. The Hall–Kier alpha value is -3.63. The maximum absolute atomic E-state index is 12.3. The Balaban J connectivity index is 1.43. The molecule has 1 fully saturated rings. The molecule has 0 radical (unpaired) electrons. The first-order valence-corrected chi connectivity index (χ1v) is 10.9. The van der Waals surface area contributed by atoms with E-state index in [4.69, 9.17) is 4.74 Å². The van der Waals surface area contributed by atoms with Crippen LogP contribution in [0.1, 0.15) is 26.5 Å². The molecule has 11 nitrogen and oxygen atoms in total. The predicted octanol–water partition coefficient (Wildman–Crippen LogP) is 2.37. The summed E-state index contributed by atoms with van der Waals surface area (Å²) in [7, 11) is 1.82. The van der Waals surface area contributed by atoms with Crippen molar-refractivity contribution in [1.29, 1.82) is 0 Å². The number of aryl methyl sites for hydroxylation is 1. The Morgan fingerprint density at radius 2 is 1.91 bits per heavy atom. The normalized spacial score (nSPS) is 16.3. The number of nitrogens with one attached hydrogen (secondary N) is 2. The molecular weight excluding hydrogens is 424 g/mol. The monoisotopic (exact) mass is 454 g/mol. The van der Waals surface area contributed by atoms with Crippen LogP contribution in [0, 0.1) is 6.92 Å². The topological polar surface area (TPSA) is 116 Å². The number of hydrogen-bond acceptors (Lipinski definition) is 9. The van der Waals surface area contributed by atoms with Gasteiger partial charge in [-0.05, 0) is 33.8 Å². The zero-order chi connectivity index (χ0) is 23.8. The van der Waals surface area contributed by atoms with Gasteiger partial charge in [-0.3, -0.25) is 4.79 Å². The number of anilines is 5. The Morgan fingerprint density at radius 3 is 2.61 bits per heavy atom. The lowest BCUT2D eigenvalue weighted by molar-refractivity contribution is -0.115. The Kier molecular flexibility index (Phi) is 5.96. The zero-order valence-corrected chi connectivity index (χ0v) is 19.7. The zero-order valence-electron chi connectivity index (χ0n) is 19.7. The quantitative estimate of drug-likeness (QED) is 0.721. The molecule has 0 bridgehead atoms. The summed E-state index contributed by atoms with van der Waals surface area (Å²) < 4.78 is 5.47. The number of piperazine rings is 1. The van der Waals surface area contributed by atoms with E-state index < -0.39 is 5.60 Å². The minimum absolute atomic E-state index is 0.0847. The van der Waals surface area contributed by atoms with Crippen LogP contribution in [-0.2, 0) is 9.53 Å². The molecule has 33 heavy (non-hydrogen) atoms. The average molecular weight is 455 g/mol. The van der Waals surface area contributed by atoms with Gasteiger partial charge in [0.1, 0.15) is 17.1 Å². The number of ether oxygens (including phenoxy) is 1. The Morgan fingerprint density at radius 1 is 1.18 bits per heavy atom. The highest BCUT2D eigenvalue weighted by atomic mass is 16.6. The maximum atomic E-state index is 12.3. The third kappa shape index (κ3) is 5.24. The van der Waals surface area contributed by atoms with Crippen LogP contribution in [0.3, 0.4) is 0 Å². The van der Waals surface area contributed by atoms with Crippen LogP contribution in [0.25, 0.3) is 0 Å². The molecule has 11 heteroatoms. The molecule has 2 N–H and O–H groups in total. The summed E-state index contributed by atoms with van der Waals surface area (Å²) >= 11 is 0. The van der Waals surface area contributed by atoms with E-state index in [-0.39, 0.29) is 18.5 Å². The maximum Gasteiger partial charge on any atom is 0.410 e. The lowest BCUT2D eigenvalue weighted by Crippen LogP contribution is -2.50. The number of pyridine rings is 1. The molecule has 0 spiro atoms. The van der Waals surface area contributed by atoms with Crippen LogP contribution in [-0.4, -0.2) is 77.2 Å². The molecule has 2 aromatic rings. The second-order valence-electron chi connectivity index (χ2n) is 9.21. The first kappa shape index (κ1) is 22.6. The van der Waals surface area contributed by atoms with Crippen LogP contribution in [0.2, 0.25) is 0 Å². The van der Waals surface area contributed by atoms with Gasteiger partial charge in [0.2, 0.25) is 11.9 Å². The number of nitrogens with zero attached hydrogens (tertiary/aromatic N) is 6. The van der Waals surface area contributed by atoms with Gasteiger partial charge in [-0.2, -0.15) is 4.98 Å².